The van der Waals surface area contributed by atoms with E-state index in [1.165, 1.54) is 18.2 Å². The normalized spacial score (nSPS) is 15.4. The van der Waals surface area contributed by atoms with Crippen LogP contribution in [0.3, 0.4) is 0 Å². The number of nitrogens with one attached hydrogen (secondary N) is 1. The van der Waals surface area contributed by atoms with Crippen LogP contribution in [-0.4, -0.2) is 50.5 Å². The Balaban J connectivity index is 1.48. The largest absolute Gasteiger partial charge is 0.465 e. The summed E-state index contributed by atoms with van der Waals surface area (Å²) in [6.45, 7) is 7.29. The Labute approximate surface area is 154 Å². The van der Waals surface area contributed by atoms with E-state index in [0.717, 1.165) is 38.3 Å². The second kappa shape index (κ2) is 8.63. The fraction of sp³-hybridized carbons (Fsp3) is 0.333. The van der Waals surface area contributed by atoms with Crippen molar-refractivity contribution in [1.29, 1.82) is 0 Å². The van der Waals surface area contributed by atoms with Crippen molar-refractivity contribution in [2.24, 2.45) is 5.10 Å². The van der Waals surface area contributed by atoms with E-state index in [2.05, 4.69) is 41.3 Å². The molecule has 5 heteroatoms. The molecule has 3 rings (SSSR count). The zero-order valence-corrected chi connectivity index (χ0v) is 15.4. The van der Waals surface area contributed by atoms with Crippen molar-refractivity contribution in [2.75, 3.05) is 33.3 Å². The number of benzene rings is 2. The fourth-order valence-electron chi connectivity index (χ4n) is 3.07. The van der Waals surface area contributed by atoms with Crippen LogP contribution in [0.15, 0.2) is 53.6 Å². The van der Waals surface area contributed by atoms with Crippen LogP contribution in [0.4, 0.5) is 0 Å². The van der Waals surface area contributed by atoms with E-state index < -0.39 is 0 Å². The number of methoxy groups -OCH3 is 1. The molecule has 2 aromatic carbocycles. The number of esters is 1. The monoisotopic (exact) mass is 352 g/mol. The van der Waals surface area contributed by atoms with Crippen molar-refractivity contribution in [1.82, 2.24) is 5.01 Å². The minimum atomic E-state index is -0.318. The van der Waals surface area contributed by atoms with Gasteiger partial charge in [0.05, 0.1) is 45.1 Å². The van der Waals surface area contributed by atoms with Gasteiger partial charge in [-0.2, -0.15) is 5.10 Å². The first-order valence-electron chi connectivity index (χ1n) is 9.00. The molecule has 0 amide bonds. The molecule has 0 spiro atoms. The van der Waals surface area contributed by atoms with Crippen LogP contribution in [0.25, 0.3) is 0 Å². The van der Waals surface area contributed by atoms with Gasteiger partial charge >= 0.3 is 5.97 Å². The lowest BCUT2D eigenvalue weighted by molar-refractivity contribution is -0.918. The highest BCUT2D eigenvalue weighted by Gasteiger charge is 2.18. The second-order valence-corrected chi connectivity index (χ2v) is 6.72. The van der Waals surface area contributed by atoms with Crippen LogP contribution < -0.4 is 4.90 Å². The summed E-state index contributed by atoms with van der Waals surface area (Å²) in [6, 6.07) is 16.1. The third kappa shape index (κ3) is 4.92. The predicted octanol–water partition coefficient (Wildman–Crippen LogP) is 1.52. The van der Waals surface area contributed by atoms with Gasteiger partial charge in [0.2, 0.25) is 0 Å². The third-order valence-electron chi connectivity index (χ3n) is 4.72. The summed E-state index contributed by atoms with van der Waals surface area (Å²) in [4.78, 5) is 13.0. The van der Waals surface area contributed by atoms with Crippen LogP contribution in [0, 0.1) is 6.92 Å². The van der Waals surface area contributed by atoms with Crippen molar-refractivity contribution in [2.45, 2.75) is 13.5 Å². The first-order valence-corrected chi connectivity index (χ1v) is 9.00. The first-order chi connectivity index (χ1) is 12.6. The average molecular weight is 352 g/mol. The standard InChI is InChI=1S/C21H25N3O2/c1-17-3-5-19(6-4-17)16-23-11-13-24(14-12-23)22-15-18-7-9-20(10-8-18)21(25)26-2/h3-10,15H,11-14,16H2,1-2H3/p+1. The molecule has 0 atom stereocenters. The molecule has 0 radical (unpaired) electrons. The van der Waals surface area contributed by atoms with Gasteiger partial charge in [-0.25, -0.2) is 4.79 Å². The quantitative estimate of drug-likeness (QED) is 0.656. The number of hydrogen-bond donors (Lipinski definition) is 1. The number of hydrogen-bond acceptors (Lipinski definition) is 4. The van der Waals surface area contributed by atoms with E-state index in [1.807, 2.05) is 18.3 Å². The van der Waals surface area contributed by atoms with Crippen LogP contribution in [0.5, 0.6) is 0 Å². The first kappa shape index (κ1) is 18.1. The highest BCUT2D eigenvalue weighted by molar-refractivity contribution is 5.90. The smallest absolute Gasteiger partial charge is 0.337 e. The summed E-state index contributed by atoms with van der Waals surface area (Å²) >= 11 is 0. The molecular formula is C21H26N3O2+. The summed E-state index contributed by atoms with van der Waals surface area (Å²) in [5, 5.41) is 6.70. The molecule has 1 heterocycles. The number of piperazine rings is 1. The van der Waals surface area contributed by atoms with Gasteiger partial charge in [-0.05, 0) is 24.6 Å². The molecule has 0 aliphatic carbocycles. The fourth-order valence-corrected chi connectivity index (χ4v) is 3.07. The molecule has 0 unspecified atom stereocenters. The van der Waals surface area contributed by atoms with Crippen molar-refractivity contribution >= 4 is 12.2 Å². The van der Waals surface area contributed by atoms with Gasteiger partial charge in [-0.15, -0.1) is 0 Å². The molecule has 1 fully saturated rings. The minimum absolute atomic E-state index is 0.318. The van der Waals surface area contributed by atoms with Crippen LogP contribution >= 0.6 is 0 Å². The Kier molecular flexibility index (Phi) is 6.02. The van der Waals surface area contributed by atoms with Crippen molar-refractivity contribution in [3.8, 4) is 0 Å². The molecule has 1 N–H and O–H groups in total. The lowest BCUT2D eigenvalue weighted by Crippen LogP contribution is -3.13. The molecule has 1 aliphatic heterocycles. The van der Waals surface area contributed by atoms with Gasteiger partial charge in [0.25, 0.3) is 0 Å². The maximum Gasteiger partial charge on any atom is 0.337 e. The summed E-state index contributed by atoms with van der Waals surface area (Å²) in [5.74, 6) is -0.318. The molecule has 26 heavy (non-hydrogen) atoms. The SMILES string of the molecule is COC(=O)c1ccc(C=NN2CC[NH+](Cc3ccc(C)cc3)CC2)cc1. The Morgan fingerprint density at radius 3 is 2.38 bits per heavy atom. The molecular weight excluding hydrogens is 326 g/mol. The molecule has 0 saturated carbocycles. The number of quaternary nitrogens is 1. The highest BCUT2D eigenvalue weighted by Crippen LogP contribution is 2.05. The number of aryl methyl sites for hydroxylation is 1. The lowest BCUT2D eigenvalue weighted by Gasteiger charge is -2.30. The average Bonchev–Trinajstić information content (AvgIpc) is 2.69. The summed E-state index contributed by atoms with van der Waals surface area (Å²) < 4.78 is 4.71. The Morgan fingerprint density at radius 1 is 1.12 bits per heavy atom. The molecule has 1 aliphatic rings. The van der Waals surface area contributed by atoms with Crippen molar-refractivity contribution in [3.05, 3.63) is 70.8 Å². The topological polar surface area (TPSA) is 46.3 Å². The lowest BCUT2D eigenvalue weighted by atomic mass is 10.1. The van der Waals surface area contributed by atoms with Gasteiger partial charge in [-0.3, -0.25) is 5.01 Å². The molecule has 5 nitrogen and oxygen atoms in total. The zero-order valence-electron chi connectivity index (χ0n) is 15.4. The van der Waals surface area contributed by atoms with Crippen LogP contribution in [-0.2, 0) is 11.3 Å². The van der Waals surface area contributed by atoms with Crippen molar-refractivity contribution < 1.29 is 14.4 Å². The highest BCUT2D eigenvalue weighted by atomic mass is 16.5. The van der Waals surface area contributed by atoms with E-state index >= 15 is 0 Å². The van der Waals surface area contributed by atoms with Gasteiger partial charge in [0.15, 0.2) is 0 Å². The van der Waals surface area contributed by atoms with E-state index in [9.17, 15) is 4.79 Å². The van der Waals surface area contributed by atoms with E-state index in [4.69, 9.17) is 4.74 Å². The zero-order chi connectivity index (χ0) is 18.4. The number of ether oxygens (including phenoxy) is 1. The molecule has 2 aromatic rings. The van der Waals surface area contributed by atoms with Gasteiger partial charge in [0, 0.05) is 5.56 Å². The number of carbonyl (C=O) groups excluding carboxylic acids is 1. The minimum Gasteiger partial charge on any atom is -0.465 e. The third-order valence-corrected chi connectivity index (χ3v) is 4.72. The molecule has 136 valence electrons. The summed E-state index contributed by atoms with van der Waals surface area (Å²) in [7, 11) is 1.39. The van der Waals surface area contributed by atoms with E-state index in [0.29, 0.717) is 5.56 Å². The number of hydrazone groups is 1. The number of nitrogens with zero attached hydrogens (tertiary/aromatic N) is 2. The Morgan fingerprint density at radius 2 is 1.77 bits per heavy atom. The predicted molar refractivity (Wildman–Crippen MR) is 103 cm³/mol. The van der Waals surface area contributed by atoms with Crippen LogP contribution in [0.2, 0.25) is 0 Å². The van der Waals surface area contributed by atoms with Gasteiger partial charge in [-0.1, -0.05) is 42.0 Å². The molecule has 1 saturated heterocycles. The summed E-state index contributed by atoms with van der Waals surface area (Å²) in [6.07, 6.45) is 1.85. The molecule has 0 aromatic heterocycles. The van der Waals surface area contributed by atoms with Gasteiger partial charge in [0.1, 0.15) is 6.54 Å². The van der Waals surface area contributed by atoms with Gasteiger partial charge < -0.3 is 9.64 Å². The Bertz CT molecular complexity index is 746. The Hall–Kier alpha value is -2.66. The molecule has 0 bridgehead atoms. The number of rotatable bonds is 5. The van der Waals surface area contributed by atoms with E-state index in [-0.39, 0.29) is 5.97 Å². The second-order valence-electron chi connectivity index (χ2n) is 6.72. The van der Waals surface area contributed by atoms with Crippen molar-refractivity contribution in [3.63, 3.8) is 0 Å². The van der Waals surface area contributed by atoms with Crippen LogP contribution in [0.1, 0.15) is 27.0 Å². The van der Waals surface area contributed by atoms with E-state index in [1.54, 1.807) is 17.0 Å². The number of carbonyl (C=O) groups is 1. The summed E-state index contributed by atoms with van der Waals surface area (Å²) in [5.41, 5.74) is 4.24. The maximum absolute atomic E-state index is 11.4. The maximum atomic E-state index is 11.4.